The van der Waals surface area contributed by atoms with Crippen LogP contribution in [-0.4, -0.2) is 76.6 Å². The number of nitrogens with zero attached hydrogens (tertiary/aromatic N) is 3. The third kappa shape index (κ3) is 5.58. The number of carboxylic acids is 1. The second kappa shape index (κ2) is 10.2. The lowest BCUT2D eigenvalue weighted by molar-refractivity contribution is -0.141. The third-order valence-corrected chi connectivity index (χ3v) is 6.81. The van der Waals surface area contributed by atoms with Crippen LogP contribution < -0.4 is 5.32 Å². The van der Waals surface area contributed by atoms with Crippen LogP contribution in [0.4, 0.5) is 0 Å². The molecular weight excluding hydrogens is 412 g/mol. The van der Waals surface area contributed by atoms with Crippen LogP contribution in [0.1, 0.15) is 25.3 Å². The number of rotatable bonds is 8. The van der Waals surface area contributed by atoms with E-state index in [1.807, 2.05) is 17.1 Å². The van der Waals surface area contributed by atoms with E-state index >= 15 is 0 Å². The van der Waals surface area contributed by atoms with Crippen LogP contribution in [0, 0.1) is 5.92 Å². The number of aliphatic carboxylic acids is 1. The lowest BCUT2D eigenvalue weighted by Crippen LogP contribution is -2.47. The number of ether oxygens (including phenoxy) is 1. The topological polar surface area (TPSA) is 104 Å². The summed E-state index contributed by atoms with van der Waals surface area (Å²) >= 11 is 3.33. The lowest BCUT2D eigenvalue weighted by atomic mass is 10.0. The molecule has 1 aromatic heterocycles. The maximum Gasteiger partial charge on any atom is 0.337 e. The summed E-state index contributed by atoms with van der Waals surface area (Å²) in [7, 11) is 0. The molecule has 0 saturated carbocycles. The summed E-state index contributed by atoms with van der Waals surface area (Å²) in [6.07, 6.45) is 2.30. The van der Waals surface area contributed by atoms with E-state index in [1.165, 1.54) is 11.3 Å². The predicted octanol–water partition coefficient (Wildman–Crippen LogP) is 1.84. The normalized spacial score (nSPS) is 21.3. The average Bonchev–Trinajstić information content (AvgIpc) is 3.24. The van der Waals surface area contributed by atoms with Gasteiger partial charge in [-0.25, -0.2) is 9.78 Å². The minimum Gasteiger partial charge on any atom is -0.481 e. The van der Waals surface area contributed by atoms with Gasteiger partial charge in [-0.15, -0.1) is 11.3 Å². The van der Waals surface area contributed by atoms with Gasteiger partial charge in [-0.1, -0.05) is 6.92 Å². The zero-order valence-corrected chi connectivity index (χ0v) is 18.2. The van der Waals surface area contributed by atoms with E-state index in [0.717, 1.165) is 28.8 Å². The number of aromatic nitrogens is 1. The molecule has 2 aliphatic heterocycles. The Hall–Kier alpha value is -1.91. The van der Waals surface area contributed by atoms with Gasteiger partial charge < -0.3 is 15.2 Å². The van der Waals surface area contributed by atoms with Crippen molar-refractivity contribution in [3.63, 3.8) is 0 Å². The summed E-state index contributed by atoms with van der Waals surface area (Å²) in [6, 6.07) is 0.139. The molecule has 2 aliphatic rings. The van der Waals surface area contributed by atoms with Crippen molar-refractivity contribution in [1.29, 1.82) is 0 Å². The number of thiazole rings is 1. The highest BCUT2D eigenvalue weighted by Gasteiger charge is 2.30. The van der Waals surface area contributed by atoms with Gasteiger partial charge in [0, 0.05) is 47.9 Å². The fraction of sp³-hybridized carbons (Fsp3) is 0.579. The van der Waals surface area contributed by atoms with Gasteiger partial charge >= 0.3 is 11.9 Å². The molecule has 8 nitrogen and oxygen atoms in total. The first-order valence-electron chi connectivity index (χ1n) is 9.64. The molecule has 158 valence electrons. The van der Waals surface area contributed by atoms with E-state index in [2.05, 4.69) is 20.2 Å². The number of esters is 1. The molecule has 2 unspecified atom stereocenters. The fourth-order valence-electron chi connectivity index (χ4n) is 3.34. The van der Waals surface area contributed by atoms with Crippen LogP contribution in [0.2, 0.25) is 0 Å². The Morgan fingerprint density at radius 2 is 2.31 bits per heavy atom. The van der Waals surface area contributed by atoms with Gasteiger partial charge in [-0.05, 0) is 13.3 Å². The van der Waals surface area contributed by atoms with Gasteiger partial charge in [0.05, 0.1) is 24.6 Å². The summed E-state index contributed by atoms with van der Waals surface area (Å²) in [6.45, 7) is 5.44. The van der Waals surface area contributed by atoms with E-state index in [-0.39, 0.29) is 18.6 Å². The fourth-order valence-corrected chi connectivity index (χ4v) is 5.09. The number of thioether (sulfide) groups is 1. The van der Waals surface area contributed by atoms with Crippen molar-refractivity contribution in [2.45, 2.75) is 26.3 Å². The maximum absolute atomic E-state index is 12.5. The standard InChI is InChI=1S/C19H26N4O4S2/c1-3-27-19(26)14-9-21-16(17-20-4-6-29-17)22-15(14)10-23-5-7-28-11-13(23)8-12(2)18(24)25/h4,6,12-13H,3,5,7-11H2,1-2H3,(H,21,22)(H,24,25). The molecule has 29 heavy (non-hydrogen) atoms. The molecule has 1 saturated heterocycles. The molecule has 0 aliphatic carbocycles. The van der Waals surface area contributed by atoms with Crippen LogP contribution in [0.5, 0.6) is 0 Å². The Morgan fingerprint density at radius 1 is 1.48 bits per heavy atom. The monoisotopic (exact) mass is 438 g/mol. The van der Waals surface area contributed by atoms with Crippen LogP contribution in [-0.2, 0) is 14.3 Å². The van der Waals surface area contributed by atoms with E-state index in [1.54, 1.807) is 20.0 Å². The molecular formula is C19H26N4O4S2. The smallest absolute Gasteiger partial charge is 0.337 e. The molecule has 3 rings (SSSR count). The summed E-state index contributed by atoms with van der Waals surface area (Å²) in [5.74, 6) is 0.969. The minimum atomic E-state index is -0.777. The van der Waals surface area contributed by atoms with Crippen molar-refractivity contribution < 1.29 is 19.4 Å². The van der Waals surface area contributed by atoms with Crippen molar-refractivity contribution in [3.8, 4) is 0 Å². The number of carboxylic acid groups (broad SMARTS) is 1. The highest BCUT2D eigenvalue weighted by Crippen LogP contribution is 2.24. The predicted molar refractivity (Wildman–Crippen MR) is 114 cm³/mol. The van der Waals surface area contributed by atoms with Crippen LogP contribution in [0.15, 0.2) is 27.8 Å². The van der Waals surface area contributed by atoms with E-state index in [4.69, 9.17) is 4.74 Å². The van der Waals surface area contributed by atoms with Gasteiger partial charge in [-0.2, -0.15) is 11.8 Å². The average molecular weight is 439 g/mol. The Labute approximate surface area is 178 Å². The van der Waals surface area contributed by atoms with Gasteiger partial charge in [0.25, 0.3) is 0 Å². The molecule has 0 spiro atoms. The van der Waals surface area contributed by atoms with E-state index in [0.29, 0.717) is 31.0 Å². The number of hydrogen-bond acceptors (Lipinski definition) is 9. The summed E-state index contributed by atoms with van der Waals surface area (Å²) in [4.78, 5) is 34.9. The number of amidine groups is 1. The largest absolute Gasteiger partial charge is 0.481 e. The number of hydrogen-bond donors (Lipinski definition) is 2. The van der Waals surface area contributed by atoms with Crippen molar-refractivity contribution in [1.82, 2.24) is 15.2 Å². The van der Waals surface area contributed by atoms with Gasteiger partial charge in [0.1, 0.15) is 0 Å². The molecule has 0 bridgehead atoms. The van der Waals surface area contributed by atoms with Gasteiger partial charge in [0.2, 0.25) is 0 Å². The van der Waals surface area contributed by atoms with Crippen molar-refractivity contribution in [2.24, 2.45) is 10.9 Å². The second-order valence-corrected chi connectivity index (χ2v) is 9.02. The van der Waals surface area contributed by atoms with E-state index < -0.39 is 11.9 Å². The number of carbonyl (C=O) groups is 2. The van der Waals surface area contributed by atoms with Gasteiger partial charge in [-0.3, -0.25) is 14.7 Å². The molecule has 3 heterocycles. The maximum atomic E-state index is 12.5. The molecule has 1 fully saturated rings. The van der Waals surface area contributed by atoms with Crippen LogP contribution in [0.3, 0.4) is 0 Å². The van der Waals surface area contributed by atoms with Crippen molar-refractivity contribution in [2.75, 3.05) is 37.7 Å². The quantitative estimate of drug-likeness (QED) is 0.593. The Kier molecular flexibility index (Phi) is 7.68. The Bertz CT molecular complexity index is 794. The summed E-state index contributed by atoms with van der Waals surface area (Å²) in [5.41, 5.74) is 1.29. The first-order chi connectivity index (χ1) is 14.0. The minimum absolute atomic E-state index is 0.139. The zero-order chi connectivity index (χ0) is 20.8. The summed E-state index contributed by atoms with van der Waals surface area (Å²) in [5, 5.41) is 15.3. The van der Waals surface area contributed by atoms with E-state index in [9.17, 15) is 14.7 Å². The number of nitrogens with one attached hydrogen (secondary N) is 1. The third-order valence-electron chi connectivity index (χ3n) is 4.94. The summed E-state index contributed by atoms with van der Waals surface area (Å²) < 4.78 is 5.23. The molecule has 10 heteroatoms. The molecule has 2 N–H and O–H groups in total. The zero-order valence-electron chi connectivity index (χ0n) is 16.6. The van der Waals surface area contributed by atoms with Crippen molar-refractivity contribution >= 4 is 40.9 Å². The number of aliphatic imine (C=N–C) groups is 1. The number of carbonyl (C=O) groups excluding carboxylic acids is 1. The second-order valence-electron chi connectivity index (χ2n) is 6.98. The van der Waals surface area contributed by atoms with Crippen LogP contribution in [0.25, 0.3) is 0 Å². The molecule has 0 amide bonds. The first kappa shape index (κ1) is 21.8. The highest BCUT2D eigenvalue weighted by atomic mass is 32.2. The van der Waals surface area contributed by atoms with Gasteiger partial charge in [0.15, 0.2) is 10.8 Å². The SMILES string of the molecule is CCOC(=O)C1=C(CN2CCSCC2CC(C)C(=O)O)NC(c2nccs2)=NC1. The molecule has 1 aromatic rings. The molecule has 0 radical (unpaired) electrons. The lowest BCUT2D eigenvalue weighted by Gasteiger charge is -2.37. The van der Waals surface area contributed by atoms with Crippen molar-refractivity contribution in [3.05, 3.63) is 27.9 Å². The highest BCUT2D eigenvalue weighted by molar-refractivity contribution is 7.99. The Morgan fingerprint density at radius 3 is 3.00 bits per heavy atom. The Balaban J connectivity index is 1.80. The first-order valence-corrected chi connectivity index (χ1v) is 11.7. The van der Waals surface area contributed by atoms with Crippen LogP contribution >= 0.6 is 23.1 Å². The molecule has 0 aromatic carbocycles. The molecule has 2 atom stereocenters.